The molecule has 4 atom stereocenters. The molecule has 1 unspecified atom stereocenters. The topological polar surface area (TPSA) is 87.4 Å². The third-order valence-electron chi connectivity index (χ3n) is 7.00. The van der Waals surface area contributed by atoms with Crippen molar-refractivity contribution in [1.82, 2.24) is 20.0 Å². The molecule has 0 spiro atoms. The summed E-state index contributed by atoms with van der Waals surface area (Å²) in [6.07, 6.45) is 6.08. The Morgan fingerprint density at radius 2 is 2.10 bits per heavy atom. The minimum Gasteiger partial charge on any atom is -0.298 e. The number of rotatable bonds is 2. The number of Topliss-reactive ketones (excluding diaryl/α,β-unsaturated/α-hetero) is 1. The van der Waals surface area contributed by atoms with Crippen LogP contribution in [-0.2, 0) is 23.7 Å². The summed E-state index contributed by atoms with van der Waals surface area (Å²) in [6.45, 7) is 2.00. The molecule has 2 heterocycles. The van der Waals surface area contributed by atoms with E-state index < -0.39 is 11.3 Å². The summed E-state index contributed by atoms with van der Waals surface area (Å²) in [4.78, 5) is 12.9. The van der Waals surface area contributed by atoms with Gasteiger partial charge in [-0.1, -0.05) is 37.3 Å². The second kappa shape index (κ2) is 6.41. The second-order valence-electron chi connectivity index (χ2n) is 8.39. The fourth-order valence-corrected chi connectivity index (χ4v) is 5.68. The quantitative estimate of drug-likeness (QED) is 0.732. The van der Waals surface area contributed by atoms with Crippen molar-refractivity contribution in [3.8, 4) is 17.3 Å². The Balaban J connectivity index is 1.75. The molecule has 1 N–H and O–H groups in total. The molecule has 0 radical (unpaired) electrons. The molecule has 0 bridgehead atoms. The summed E-state index contributed by atoms with van der Waals surface area (Å²) in [5.41, 5.74) is 4.93. The molecule has 2 aliphatic rings. The first-order valence-corrected chi connectivity index (χ1v) is 10.1. The van der Waals surface area contributed by atoms with Crippen molar-refractivity contribution in [2.75, 3.05) is 0 Å². The predicted octanol–water partition coefficient (Wildman–Crippen LogP) is 3.41. The molecule has 29 heavy (non-hydrogen) atoms. The smallest absolute Gasteiger partial charge is 0.153 e. The van der Waals surface area contributed by atoms with Crippen LogP contribution in [0.4, 0.5) is 0 Å². The Bertz CT molecular complexity index is 1120. The highest BCUT2D eigenvalue weighted by atomic mass is 16.1. The van der Waals surface area contributed by atoms with E-state index in [0.717, 1.165) is 35.4 Å². The molecule has 6 heteroatoms. The van der Waals surface area contributed by atoms with Crippen LogP contribution >= 0.6 is 0 Å². The molecule has 1 aromatic carbocycles. The second-order valence-corrected chi connectivity index (χ2v) is 8.39. The number of nitriles is 1. The van der Waals surface area contributed by atoms with E-state index in [9.17, 15) is 10.1 Å². The largest absolute Gasteiger partial charge is 0.298 e. The Morgan fingerprint density at radius 1 is 1.31 bits per heavy atom. The van der Waals surface area contributed by atoms with E-state index in [1.54, 1.807) is 4.68 Å². The van der Waals surface area contributed by atoms with Gasteiger partial charge in [-0.2, -0.15) is 15.5 Å². The van der Waals surface area contributed by atoms with Gasteiger partial charge in [-0.15, -0.1) is 0 Å². The first-order chi connectivity index (χ1) is 14.1. The standard InChI is InChI=1S/C23H23N5O/c1-14-19-9-8-18-20(16-12-25-28(2)13-16)26-27-22(18)23(19,10-15(11-24)21(14)29)17-6-4-3-5-7-17/h3-7,12-15,19H,8-10H2,1-2H3,(H,26,27)/t14-,15?,19-,23+/m0/s1. The van der Waals surface area contributed by atoms with Gasteiger partial charge in [0, 0.05) is 41.4 Å². The van der Waals surface area contributed by atoms with Crippen molar-refractivity contribution in [1.29, 1.82) is 5.26 Å². The molecular formula is C23H23N5O. The van der Waals surface area contributed by atoms with Gasteiger partial charge in [0.25, 0.3) is 0 Å². The van der Waals surface area contributed by atoms with Crippen molar-refractivity contribution in [2.45, 2.75) is 31.6 Å². The molecule has 3 aromatic rings. The maximum absolute atomic E-state index is 12.9. The predicted molar refractivity (Wildman–Crippen MR) is 108 cm³/mol. The number of hydrogen-bond acceptors (Lipinski definition) is 4. The zero-order valence-corrected chi connectivity index (χ0v) is 16.6. The molecule has 0 saturated heterocycles. The number of aromatic nitrogens is 4. The Kier molecular flexibility index (Phi) is 3.95. The van der Waals surface area contributed by atoms with Gasteiger partial charge >= 0.3 is 0 Å². The molecule has 146 valence electrons. The molecule has 2 aliphatic carbocycles. The fourth-order valence-electron chi connectivity index (χ4n) is 5.68. The lowest BCUT2D eigenvalue weighted by Gasteiger charge is -2.50. The number of aromatic amines is 1. The minimum atomic E-state index is -0.599. The number of nitrogens with one attached hydrogen (secondary N) is 1. The lowest BCUT2D eigenvalue weighted by molar-refractivity contribution is -0.131. The number of ketones is 1. The van der Waals surface area contributed by atoms with E-state index >= 15 is 0 Å². The van der Waals surface area contributed by atoms with Crippen molar-refractivity contribution in [3.05, 3.63) is 59.5 Å². The Morgan fingerprint density at radius 3 is 2.79 bits per heavy atom. The molecule has 5 rings (SSSR count). The van der Waals surface area contributed by atoms with Crippen LogP contribution in [0.1, 0.15) is 36.6 Å². The van der Waals surface area contributed by atoms with Crippen LogP contribution in [-0.4, -0.2) is 25.8 Å². The van der Waals surface area contributed by atoms with Gasteiger partial charge in [-0.25, -0.2) is 0 Å². The number of aryl methyl sites for hydroxylation is 1. The highest BCUT2D eigenvalue weighted by Crippen LogP contribution is 2.56. The SMILES string of the molecule is C[C@@H]1C(=O)C(C#N)C[C@]2(c3ccccc3)c3[nH]nc(-c4cnn(C)c4)c3CC[C@@H]12. The summed E-state index contributed by atoms with van der Waals surface area (Å²) < 4.78 is 1.78. The minimum absolute atomic E-state index is 0.0829. The van der Waals surface area contributed by atoms with E-state index in [2.05, 4.69) is 28.4 Å². The van der Waals surface area contributed by atoms with Gasteiger partial charge < -0.3 is 0 Å². The Hall–Kier alpha value is -3.20. The lowest BCUT2D eigenvalue weighted by Crippen LogP contribution is -2.52. The summed E-state index contributed by atoms with van der Waals surface area (Å²) >= 11 is 0. The van der Waals surface area contributed by atoms with Crippen molar-refractivity contribution >= 4 is 5.78 Å². The first kappa shape index (κ1) is 17.9. The van der Waals surface area contributed by atoms with Gasteiger partial charge in [-0.05, 0) is 30.7 Å². The van der Waals surface area contributed by atoms with Crippen LogP contribution in [0.3, 0.4) is 0 Å². The van der Waals surface area contributed by atoms with E-state index in [0.29, 0.717) is 6.42 Å². The van der Waals surface area contributed by atoms with E-state index in [4.69, 9.17) is 5.10 Å². The van der Waals surface area contributed by atoms with Crippen LogP contribution in [0, 0.1) is 29.1 Å². The molecule has 6 nitrogen and oxygen atoms in total. The van der Waals surface area contributed by atoms with Crippen LogP contribution in [0.25, 0.3) is 11.3 Å². The molecule has 1 saturated carbocycles. The number of hydrogen-bond donors (Lipinski definition) is 1. The summed E-state index contributed by atoms with van der Waals surface area (Å²) in [5.74, 6) is -0.527. The van der Waals surface area contributed by atoms with Gasteiger partial charge in [-0.3, -0.25) is 14.6 Å². The lowest BCUT2D eigenvalue weighted by atomic mass is 9.51. The maximum atomic E-state index is 12.9. The van der Waals surface area contributed by atoms with Crippen molar-refractivity contribution in [2.24, 2.45) is 24.8 Å². The van der Waals surface area contributed by atoms with Crippen molar-refractivity contribution < 1.29 is 4.79 Å². The number of carbonyl (C=O) groups is 1. The molecular weight excluding hydrogens is 362 g/mol. The molecule has 1 fully saturated rings. The molecule has 0 amide bonds. The molecule has 2 aromatic heterocycles. The number of fused-ring (bicyclic) bond motifs is 3. The number of carbonyl (C=O) groups excluding carboxylic acids is 1. The number of benzene rings is 1. The van der Waals surface area contributed by atoms with Gasteiger partial charge in [0.1, 0.15) is 5.92 Å². The average molecular weight is 385 g/mol. The summed E-state index contributed by atoms with van der Waals surface area (Å²) in [6, 6.07) is 12.6. The highest BCUT2D eigenvalue weighted by molar-refractivity contribution is 5.87. The highest BCUT2D eigenvalue weighted by Gasteiger charge is 2.56. The fraction of sp³-hybridized carbons (Fsp3) is 0.391. The monoisotopic (exact) mass is 385 g/mol. The first-order valence-electron chi connectivity index (χ1n) is 10.1. The van der Waals surface area contributed by atoms with Gasteiger partial charge in [0.05, 0.1) is 18.0 Å². The van der Waals surface area contributed by atoms with Crippen molar-refractivity contribution in [3.63, 3.8) is 0 Å². The van der Waals surface area contributed by atoms with Crippen LogP contribution in [0.2, 0.25) is 0 Å². The van der Waals surface area contributed by atoms with E-state index in [1.807, 2.05) is 44.6 Å². The Labute approximate surface area is 169 Å². The maximum Gasteiger partial charge on any atom is 0.153 e. The summed E-state index contributed by atoms with van der Waals surface area (Å²) in [5, 5.41) is 22.1. The van der Waals surface area contributed by atoms with E-state index in [-0.39, 0.29) is 17.6 Å². The van der Waals surface area contributed by atoms with Crippen LogP contribution < -0.4 is 0 Å². The average Bonchev–Trinajstić information content (AvgIpc) is 3.37. The van der Waals surface area contributed by atoms with Gasteiger partial charge in [0.2, 0.25) is 0 Å². The van der Waals surface area contributed by atoms with E-state index in [1.165, 1.54) is 5.56 Å². The number of H-pyrrole nitrogens is 1. The van der Waals surface area contributed by atoms with Gasteiger partial charge in [0.15, 0.2) is 5.78 Å². The zero-order chi connectivity index (χ0) is 20.2. The molecule has 0 aliphatic heterocycles. The van der Waals surface area contributed by atoms with Crippen LogP contribution in [0.15, 0.2) is 42.7 Å². The third kappa shape index (κ3) is 2.43. The summed E-state index contributed by atoms with van der Waals surface area (Å²) in [7, 11) is 1.90. The third-order valence-corrected chi connectivity index (χ3v) is 7.00. The normalized spacial score (nSPS) is 28.4. The number of nitrogens with zero attached hydrogens (tertiary/aromatic N) is 4. The zero-order valence-electron chi connectivity index (χ0n) is 16.6. The van der Waals surface area contributed by atoms with Crippen LogP contribution in [0.5, 0.6) is 0 Å².